The number of carboxylic acids is 2. The number of carboxylic acid groups (broad SMARTS) is 2. The first-order valence-corrected chi connectivity index (χ1v) is 4.72. The van der Waals surface area contributed by atoms with E-state index in [2.05, 4.69) is 10.2 Å². The van der Waals surface area contributed by atoms with Crippen molar-refractivity contribution < 1.29 is 19.8 Å². The lowest BCUT2D eigenvalue weighted by Gasteiger charge is -2.27. The van der Waals surface area contributed by atoms with E-state index in [-0.39, 0.29) is 24.8 Å². The summed E-state index contributed by atoms with van der Waals surface area (Å²) in [7, 11) is 0. The molecule has 0 fully saturated rings. The summed E-state index contributed by atoms with van der Waals surface area (Å²) < 4.78 is 0. The van der Waals surface area contributed by atoms with Crippen LogP contribution in [-0.4, -0.2) is 32.3 Å². The second-order valence-electron chi connectivity index (χ2n) is 3.91. The summed E-state index contributed by atoms with van der Waals surface area (Å²) in [6, 6.07) is 0. The van der Waals surface area contributed by atoms with Gasteiger partial charge in [0.05, 0.1) is 0 Å². The molecule has 0 unspecified atom stereocenters. The molecule has 86 valence electrons. The number of aliphatic carboxylic acids is 2. The van der Waals surface area contributed by atoms with Gasteiger partial charge in [0, 0.05) is 17.7 Å². The van der Waals surface area contributed by atoms with E-state index in [0.717, 1.165) is 0 Å². The van der Waals surface area contributed by atoms with Crippen molar-refractivity contribution >= 4 is 11.9 Å². The van der Waals surface area contributed by atoms with Crippen molar-refractivity contribution in [2.75, 3.05) is 0 Å². The van der Waals surface area contributed by atoms with Crippen molar-refractivity contribution in [2.24, 2.45) is 5.41 Å². The second kappa shape index (κ2) is 3.22. The van der Waals surface area contributed by atoms with Crippen LogP contribution in [0.15, 0.2) is 4.79 Å². The van der Waals surface area contributed by atoms with Crippen LogP contribution in [-0.2, 0) is 22.4 Å². The highest BCUT2D eigenvalue weighted by Crippen LogP contribution is 2.34. The predicted octanol–water partition coefficient (Wildman–Crippen LogP) is -0.653. The topological polar surface area (TPSA) is 123 Å². The van der Waals surface area contributed by atoms with E-state index in [1.165, 1.54) is 0 Å². The number of aromatic amines is 2. The molecule has 0 saturated heterocycles. The van der Waals surface area contributed by atoms with Crippen LogP contribution in [0.5, 0.6) is 0 Å². The quantitative estimate of drug-likeness (QED) is 0.499. The van der Waals surface area contributed by atoms with Gasteiger partial charge >= 0.3 is 11.9 Å². The Kier molecular flexibility index (Phi) is 2.11. The van der Waals surface area contributed by atoms with Crippen LogP contribution in [0.4, 0.5) is 0 Å². The fourth-order valence-corrected chi connectivity index (χ4v) is 2.02. The summed E-state index contributed by atoms with van der Waals surface area (Å²) in [6.07, 6.45) is -0.0931. The third-order valence-electron chi connectivity index (χ3n) is 3.06. The second-order valence-corrected chi connectivity index (χ2v) is 3.91. The Morgan fingerprint density at radius 2 is 1.81 bits per heavy atom. The van der Waals surface area contributed by atoms with E-state index in [4.69, 9.17) is 10.2 Å². The molecule has 0 aromatic carbocycles. The Morgan fingerprint density at radius 3 is 2.38 bits per heavy atom. The third kappa shape index (κ3) is 1.24. The van der Waals surface area contributed by atoms with Crippen LogP contribution >= 0.6 is 0 Å². The number of H-pyrrole nitrogens is 2. The SMILES string of the molecule is O=C(O)C1(C(=O)O)CCc2c([nH][nH]c2=O)C1. The predicted molar refractivity (Wildman–Crippen MR) is 51.1 cm³/mol. The molecule has 0 radical (unpaired) electrons. The van der Waals surface area contributed by atoms with Crippen molar-refractivity contribution in [3.63, 3.8) is 0 Å². The summed E-state index contributed by atoms with van der Waals surface area (Å²) >= 11 is 0. The van der Waals surface area contributed by atoms with Crippen molar-refractivity contribution in [3.05, 3.63) is 21.6 Å². The zero-order chi connectivity index (χ0) is 11.9. The summed E-state index contributed by atoms with van der Waals surface area (Å²) in [6.45, 7) is 0. The Labute approximate surface area is 89.1 Å². The van der Waals surface area contributed by atoms with Gasteiger partial charge in [-0.25, -0.2) is 0 Å². The lowest BCUT2D eigenvalue weighted by molar-refractivity contribution is -0.165. The maximum absolute atomic E-state index is 11.2. The largest absolute Gasteiger partial charge is 0.480 e. The number of carbonyl (C=O) groups is 2. The maximum Gasteiger partial charge on any atom is 0.321 e. The van der Waals surface area contributed by atoms with Crippen molar-refractivity contribution in [3.8, 4) is 0 Å². The van der Waals surface area contributed by atoms with Gasteiger partial charge in [-0.05, 0) is 12.8 Å². The standard InChI is InChI=1S/C9H10N2O5/c12-6-4-1-2-9(7(13)14,8(15)16)3-5(4)10-11-6/h1-3H2,(H,13,14)(H,15,16)(H2,10,11,12). The molecule has 0 bridgehead atoms. The molecule has 4 N–H and O–H groups in total. The molecule has 1 aromatic rings. The minimum absolute atomic E-state index is 0.0639. The van der Waals surface area contributed by atoms with Crippen LogP contribution in [0.2, 0.25) is 0 Å². The summed E-state index contributed by atoms with van der Waals surface area (Å²) in [5, 5.41) is 22.9. The highest BCUT2D eigenvalue weighted by atomic mass is 16.4. The Bertz CT molecular complexity index is 498. The van der Waals surface area contributed by atoms with E-state index in [1.807, 2.05) is 0 Å². The van der Waals surface area contributed by atoms with Crippen molar-refractivity contribution in [1.82, 2.24) is 10.2 Å². The van der Waals surface area contributed by atoms with Gasteiger partial charge in [0.2, 0.25) is 0 Å². The van der Waals surface area contributed by atoms with Crippen LogP contribution < -0.4 is 5.56 Å². The van der Waals surface area contributed by atoms with Gasteiger partial charge in [0.1, 0.15) is 0 Å². The minimum Gasteiger partial charge on any atom is -0.480 e. The van der Waals surface area contributed by atoms with Gasteiger partial charge in [-0.1, -0.05) is 0 Å². The molecular formula is C9H10N2O5. The highest BCUT2D eigenvalue weighted by molar-refractivity contribution is 5.98. The molecule has 0 amide bonds. The number of fused-ring (bicyclic) bond motifs is 1. The summed E-state index contributed by atoms with van der Waals surface area (Å²) in [5.41, 5.74) is -1.29. The molecule has 0 atom stereocenters. The lowest BCUT2D eigenvalue weighted by Crippen LogP contribution is -2.44. The van der Waals surface area contributed by atoms with Crippen LogP contribution in [0.1, 0.15) is 17.7 Å². The zero-order valence-electron chi connectivity index (χ0n) is 8.24. The molecule has 7 heteroatoms. The van der Waals surface area contributed by atoms with Gasteiger partial charge in [0.15, 0.2) is 5.41 Å². The first-order chi connectivity index (χ1) is 7.47. The fourth-order valence-electron chi connectivity index (χ4n) is 2.02. The summed E-state index contributed by atoms with van der Waals surface area (Å²) in [5.74, 6) is -2.74. The number of hydrogen-bond acceptors (Lipinski definition) is 3. The van der Waals surface area contributed by atoms with E-state index >= 15 is 0 Å². The molecule has 1 aliphatic carbocycles. The van der Waals surface area contributed by atoms with Crippen LogP contribution in [0, 0.1) is 5.41 Å². The fraction of sp³-hybridized carbons (Fsp3) is 0.444. The van der Waals surface area contributed by atoms with E-state index < -0.39 is 17.4 Å². The molecular weight excluding hydrogens is 216 g/mol. The Balaban J connectivity index is 2.47. The first-order valence-electron chi connectivity index (χ1n) is 4.72. The van der Waals surface area contributed by atoms with E-state index in [9.17, 15) is 14.4 Å². The molecule has 2 rings (SSSR count). The van der Waals surface area contributed by atoms with Gasteiger partial charge in [-0.2, -0.15) is 0 Å². The van der Waals surface area contributed by atoms with E-state index in [0.29, 0.717) is 11.3 Å². The summed E-state index contributed by atoms with van der Waals surface area (Å²) in [4.78, 5) is 33.3. The zero-order valence-corrected chi connectivity index (χ0v) is 8.24. The normalized spacial score (nSPS) is 17.8. The van der Waals surface area contributed by atoms with Crippen molar-refractivity contribution in [1.29, 1.82) is 0 Å². The van der Waals surface area contributed by atoms with Gasteiger partial charge in [0.25, 0.3) is 5.56 Å². The molecule has 1 aliphatic rings. The Hall–Kier alpha value is -2.05. The first kappa shape index (κ1) is 10.5. The molecule has 1 heterocycles. The lowest BCUT2D eigenvalue weighted by atomic mass is 9.73. The molecule has 0 aliphatic heterocycles. The average molecular weight is 226 g/mol. The molecule has 0 spiro atoms. The Morgan fingerprint density at radius 1 is 1.19 bits per heavy atom. The molecule has 16 heavy (non-hydrogen) atoms. The number of nitrogens with one attached hydrogen (secondary N) is 2. The minimum atomic E-state index is -1.82. The average Bonchev–Trinajstić information content (AvgIpc) is 2.59. The monoisotopic (exact) mass is 226 g/mol. The molecule has 7 nitrogen and oxygen atoms in total. The highest BCUT2D eigenvalue weighted by Gasteiger charge is 2.49. The van der Waals surface area contributed by atoms with Crippen molar-refractivity contribution in [2.45, 2.75) is 19.3 Å². The molecule has 0 saturated carbocycles. The smallest absolute Gasteiger partial charge is 0.321 e. The van der Waals surface area contributed by atoms with E-state index in [1.54, 1.807) is 0 Å². The van der Waals surface area contributed by atoms with Gasteiger partial charge in [-0.15, -0.1) is 0 Å². The van der Waals surface area contributed by atoms with Crippen LogP contribution in [0.3, 0.4) is 0 Å². The molecule has 1 aromatic heterocycles. The van der Waals surface area contributed by atoms with Gasteiger partial charge in [-0.3, -0.25) is 19.5 Å². The third-order valence-corrected chi connectivity index (χ3v) is 3.06. The van der Waals surface area contributed by atoms with Crippen LogP contribution in [0.25, 0.3) is 0 Å². The number of rotatable bonds is 2. The van der Waals surface area contributed by atoms with Gasteiger partial charge < -0.3 is 15.3 Å². The number of hydrogen-bond donors (Lipinski definition) is 4. The number of aromatic nitrogens is 2. The maximum atomic E-state index is 11.2.